The molecular formula is C21H24N2O7. The van der Waals surface area contributed by atoms with Crippen LogP contribution in [-0.4, -0.2) is 47.3 Å². The summed E-state index contributed by atoms with van der Waals surface area (Å²) in [6.07, 6.45) is -1.13. The molecule has 0 bridgehead atoms. The fourth-order valence-electron chi connectivity index (χ4n) is 2.33. The summed E-state index contributed by atoms with van der Waals surface area (Å²) in [5.41, 5.74) is 4.86. The number of rotatable bonds is 9. The Morgan fingerprint density at radius 3 is 1.87 bits per heavy atom. The molecule has 0 heterocycles. The van der Waals surface area contributed by atoms with Gasteiger partial charge in [0.25, 0.3) is 0 Å². The largest absolute Gasteiger partial charge is 0.481 e. The van der Waals surface area contributed by atoms with Gasteiger partial charge in [0.05, 0.1) is 6.42 Å². The van der Waals surface area contributed by atoms with E-state index in [1.165, 1.54) is 10.8 Å². The van der Waals surface area contributed by atoms with Crippen molar-refractivity contribution in [1.29, 1.82) is 0 Å². The van der Waals surface area contributed by atoms with Gasteiger partial charge in [0.2, 0.25) is 11.8 Å². The molecule has 9 nitrogen and oxygen atoms in total. The van der Waals surface area contributed by atoms with Crippen molar-refractivity contribution in [3.05, 3.63) is 48.5 Å². The Labute approximate surface area is 173 Å². The second-order valence-electron chi connectivity index (χ2n) is 6.28. The van der Waals surface area contributed by atoms with E-state index >= 15 is 0 Å². The van der Waals surface area contributed by atoms with Gasteiger partial charge in [-0.3, -0.25) is 24.0 Å². The van der Waals surface area contributed by atoms with Crippen molar-refractivity contribution in [2.45, 2.75) is 32.2 Å². The van der Waals surface area contributed by atoms with Crippen molar-refractivity contribution in [2.75, 3.05) is 6.61 Å². The second-order valence-corrected chi connectivity index (χ2v) is 6.28. The summed E-state index contributed by atoms with van der Waals surface area (Å²) in [6.45, 7) is 0.453. The van der Waals surface area contributed by atoms with E-state index in [9.17, 15) is 24.0 Å². The van der Waals surface area contributed by atoms with E-state index in [0.29, 0.717) is 0 Å². The molecule has 0 spiro atoms. The smallest absolute Gasteiger partial charge is 0.305 e. The number of carbonyl (C=O) groups excluding carboxylic acids is 4. The molecule has 0 aliphatic carbocycles. The summed E-state index contributed by atoms with van der Waals surface area (Å²) in [7, 11) is 0. The van der Waals surface area contributed by atoms with Gasteiger partial charge in [-0.05, 0) is 10.8 Å². The predicted molar refractivity (Wildman–Crippen MR) is 108 cm³/mol. The van der Waals surface area contributed by atoms with Crippen LogP contribution in [-0.2, 0) is 28.7 Å². The Morgan fingerprint density at radius 2 is 1.47 bits per heavy atom. The van der Waals surface area contributed by atoms with Gasteiger partial charge >= 0.3 is 11.9 Å². The number of benzene rings is 2. The maximum Gasteiger partial charge on any atom is 0.305 e. The molecule has 0 saturated carbocycles. The molecule has 1 atom stereocenters. The Hall–Kier alpha value is -3.75. The first kappa shape index (κ1) is 24.3. The monoisotopic (exact) mass is 416 g/mol. The SMILES string of the molecule is CC(=O)OCC(=O)C(CC(=O)O)NC(=O)CCC(N)=O.c1ccc2ccccc2c1. The number of hydrogen-bond donors (Lipinski definition) is 3. The van der Waals surface area contributed by atoms with Crippen LogP contribution in [0.15, 0.2) is 48.5 Å². The topological polar surface area (TPSA) is 153 Å². The molecule has 0 aromatic heterocycles. The molecule has 2 aromatic rings. The fourth-order valence-corrected chi connectivity index (χ4v) is 2.33. The Morgan fingerprint density at radius 1 is 0.967 bits per heavy atom. The number of ether oxygens (including phenoxy) is 1. The van der Waals surface area contributed by atoms with Gasteiger partial charge in [0, 0.05) is 19.8 Å². The second kappa shape index (κ2) is 12.7. The number of ketones is 1. The zero-order valence-corrected chi connectivity index (χ0v) is 16.5. The van der Waals surface area contributed by atoms with Crippen LogP contribution in [0.25, 0.3) is 10.8 Å². The molecule has 0 saturated heterocycles. The van der Waals surface area contributed by atoms with Crippen molar-refractivity contribution >= 4 is 40.3 Å². The van der Waals surface area contributed by atoms with Crippen LogP contribution in [0.1, 0.15) is 26.2 Å². The summed E-state index contributed by atoms with van der Waals surface area (Å²) in [4.78, 5) is 54.7. The van der Waals surface area contributed by atoms with Crippen molar-refractivity contribution < 1.29 is 33.8 Å². The van der Waals surface area contributed by atoms with E-state index in [1.807, 2.05) is 0 Å². The number of esters is 1. The summed E-state index contributed by atoms with van der Waals surface area (Å²) in [5, 5.41) is 13.4. The van der Waals surface area contributed by atoms with Crippen LogP contribution in [0.5, 0.6) is 0 Å². The molecule has 9 heteroatoms. The van der Waals surface area contributed by atoms with Gasteiger partial charge in [0.15, 0.2) is 12.4 Å². The third-order valence-electron chi connectivity index (χ3n) is 3.78. The Bertz CT molecular complexity index is 846. The van der Waals surface area contributed by atoms with Crippen molar-refractivity contribution in [1.82, 2.24) is 5.32 Å². The van der Waals surface area contributed by atoms with Crippen molar-refractivity contribution in [2.24, 2.45) is 5.73 Å². The van der Waals surface area contributed by atoms with E-state index in [0.717, 1.165) is 6.92 Å². The lowest BCUT2D eigenvalue weighted by molar-refractivity contribution is -0.147. The number of aliphatic carboxylic acids is 1. The molecule has 0 aliphatic heterocycles. The number of amides is 2. The van der Waals surface area contributed by atoms with Gasteiger partial charge in [-0.2, -0.15) is 0 Å². The molecule has 0 fully saturated rings. The average molecular weight is 416 g/mol. The highest BCUT2D eigenvalue weighted by Gasteiger charge is 2.24. The standard InChI is InChI=1S/C11H16N2O7.C10H8/c1-6(14)20-5-8(15)7(4-11(18)19)13-10(17)3-2-9(12)16;1-2-6-10-8-4-3-7-9(10)5-1/h7H,2-5H2,1H3,(H2,12,16)(H,13,17)(H,18,19);1-8H. The van der Waals surface area contributed by atoms with Gasteiger partial charge in [0.1, 0.15) is 6.04 Å². The number of carboxylic acids is 1. The highest BCUT2D eigenvalue weighted by atomic mass is 16.5. The zero-order chi connectivity index (χ0) is 22.5. The number of nitrogens with one attached hydrogen (secondary N) is 1. The average Bonchev–Trinajstić information content (AvgIpc) is 2.70. The van der Waals surface area contributed by atoms with Gasteiger partial charge in [-0.1, -0.05) is 48.5 Å². The van der Waals surface area contributed by atoms with E-state index in [4.69, 9.17) is 10.8 Å². The van der Waals surface area contributed by atoms with Crippen LogP contribution in [0.3, 0.4) is 0 Å². The molecular weight excluding hydrogens is 392 g/mol. The first-order valence-corrected chi connectivity index (χ1v) is 9.08. The van der Waals surface area contributed by atoms with Crippen LogP contribution >= 0.6 is 0 Å². The Balaban J connectivity index is 0.000000367. The quantitative estimate of drug-likeness (QED) is 0.519. The normalized spacial score (nSPS) is 10.8. The molecule has 1 unspecified atom stereocenters. The van der Waals surface area contributed by atoms with Crippen LogP contribution in [0.2, 0.25) is 0 Å². The third-order valence-corrected chi connectivity index (χ3v) is 3.78. The molecule has 0 radical (unpaired) electrons. The van der Waals surface area contributed by atoms with Crippen LogP contribution < -0.4 is 11.1 Å². The summed E-state index contributed by atoms with van der Waals surface area (Å²) < 4.78 is 4.44. The molecule has 0 aliphatic rings. The van der Waals surface area contributed by atoms with Gasteiger partial charge in [-0.25, -0.2) is 0 Å². The molecule has 2 amide bonds. The fraction of sp³-hybridized carbons (Fsp3) is 0.286. The number of hydrogen-bond acceptors (Lipinski definition) is 6. The third kappa shape index (κ3) is 9.98. The molecule has 30 heavy (non-hydrogen) atoms. The van der Waals surface area contributed by atoms with E-state index in [2.05, 4.69) is 58.6 Å². The zero-order valence-electron chi connectivity index (χ0n) is 16.5. The first-order valence-electron chi connectivity index (χ1n) is 9.08. The maximum atomic E-state index is 11.6. The van der Waals surface area contributed by atoms with E-state index in [1.54, 1.807) is 0 Å². The molecule has 4 N–H and O–H groups in total. The predicted octanol–water partition coefficient (Wildman–Crippen LogP) is 1.18. The molecule has 160 valence electrons. The van der Waals surface area contributed by atoms with Gasteiger partial charge < -0.3 is 20.9 Å². The van der Waals surface area contributed by atoms with E-state index in [-0.39, 0.29) is 12.8 Å². The highest BCUT2D eigenvalue weighted by molar-refractivity contribution is 5.94. The summed E-state index contributed by atoms with van der Waals surface area (Å²) >= 11 is 0. The lowest BCUT2D eigenvalue weighted by Crippen LogP contribution is -2.44. The number of Topliss-reactive ketones (excluding diaryl/α,β-unsaturated/α-hetero) is 1. The molecule has 2 aromatic carbocycles. The highest BCUT2D eigenvalue weighted by Crippen LogP contribution is 2.11. The van der Waals surface area contributed by atoms with Crippen LogP contribution in [0, 0.1) is 0 Å². The molecule has 2 rings (SSSR count). The summed E-state index contributed by atoms with van der Waals surface area (Å²) in [5.74, 6) is -4.14. The number of carbonyl (C=O) groups is 5. The lowest BCUT2D eigenvalue weighted by atomic mass is 10.1. The summed E-state index contributed by atoms with van der Waals surface area (Å²) in [6, 6.07) is 15.4. The minimum absolute atomic E-state index is 0.218. The van der Waals surface area contributed by atoms with Crippen molar-refractivity contribution in [3.8, 4) is 0 Å². The first-order chi connectivity index (χ1) is 14.2. The lowest BCUT2D eigenvalue weighted by Gasteiger charge is -2.15. The Kier molecular flexibility index (Phi) is 10.2. The number of primary amides is 1. The minimum atomic E-state index is -1.33. The maximum absolute atomic E-state index is 11.6. The number of fused-ring (bicyclic) bond motifs is 1. The van der Waals surface area contributed by atoms with Gasteiger partial charge in [-0.15, -0.1) is 0 Å². The van der Waals surface area contributed by atoms with E-state index < -0.39 is 48.6 Å². The number of carboxylic acid groups (broad SMARTS) is 1. The van der Waals surface area contributed by atoms with Crippen molar-refractivity contribution in [3.63, 3.8) is 0 Å². The van der Waals surface area contributed by atoms with Crippen LogP contribution in [0.4, 0.5) is 0 Å². The minimum Gasteiger partial charge on any atom is -0.481 e. The number of nitrogens with two attached hydrogens (primary N) is 1.